The Bertz CT molecular complexity index is 736. The summed E-state index contributed by atoms with van der Waals surface area (Å²) in [5.41, 5.74) is 0.0107. The first kappa shape index (κ1) is 15.1. The molecule has 1 heterocycles. The summed E-state index contributed by atoms with van der Waals surface area (Å²) >= 11 is 11.6. The Hall–Kier alpha value is -2.25. The molecule has 2 rings (SSSR count). The number of para-hydroxylation sites is 1. The fourth-order valence-corrected chi connectivity index (χ4v) is 1.97. The van der Waals surface area contributed by atoms with E-state index in [-0.39, 0.29) is 27.2 Å². The number of rotatable bonds is 3. The molecule has 108 valence electrons. The number of aromatic nitrogens is 2. The maximum Gasteiger partial charge on any atom is 0.285 e. The van der Waals surface area contributed by atoms with Gasteiger partial charge in [-0.1, -0.05) is 35.3 Å². The molecule has 0 fully saturated rings. The summed E-state index contributed by atoms with van der Waals surface area (Å²) < 4.78 is 0. The molecule has 0 radical (unpaired) electrons. The lowest BCUT2D eigenvalue weighted by molar-refractivity contribution is -0.385. The third kappa shape index (κ3) is 3.09. The third-order valence-corrected chi connectivity index (χ3v) is 3.39. The van der Waals surface area contributed by atoms with Gasteiger partial charge in [-0.05, 0) is 13.0 Å². The van der Waals surface area contributed by atoms with Crippen LogP contribution in [0.25, 0.3) is 0 Å². The summed E-state index contributed by atoms with van der Waals surface area (Å²) in [6.07, 6.45) is 1.12. The number of carbonyl (C=O) groups is 1. The van der Waals surface area contributed by atoms with Crippen molar-refractivity contribution in [2.45, 2.75) is 6.92 Å². The van der Waals surface area contributed by atoms with Crippen LogP contribution in [-0.4, -0.2) is 20.8 Å². The summed E-state index contributed by atoms with van der Waals surface area (Å²) in [5.74, 6) is -0.723. The van der Waals surface area contributed by atoms with Crippen LogP contribution in [0.2, 0.25) is 10.2 Å². The molecule has 0 unspecified atom stereocenters. The minimum Gasteiger partial charge on any atom is -0.305 e. The van der Waals surface area contributed by atoms with Gasteiger partial charge in [0.15, 0.2) is 11.0 Å². The summed E-state index contributed by atoms with van der Waals surface area (Å²) in [6, 6.07) is 4.44. The highest BCUT2D eigenvalue weighted by Gasteiger charge is 2.23. The molecule has 0 aliphatic heterocycles. The minimum absolute atomic E-state index is 0.0162. The standard InChI is InChI=1S/C12H8Cl2N4O3/c1-6-3-2-4-7(9(6)18(20)21)12(19)17-11-8(13)10(14)15-5-16-11/h2-5H,1H3,(H,15,16,17,19). The third-order valence-electron chi connectivity index (χ3n) is 2.64. The Morgan fingerprint density at radius 2 is 2.05 bits per heavy atom. The van der Waals surface area contributed by atoms with E-state index in [0.717, 1.165) is 6.33 Å². The lowest BCUT2D eigenvalue weighted by atomic mass is 10.1. The number of carbonyl (C=O) groups excluding carboxylic acids is 1. The zero-order valence-electron chi connectivity index (χ0n) is 10.6. The number of nitrogens with one attached hydrogen (secondary N) is 1. The van der Waals surface area contributed by atoms with Crippen LogP contribution in [-0.2, 0) is 0 Å². The van der Waals surface area contributed by atoms with Crippen LogP contribution in [0.15, 0.2) is 24.5 Å². The van der Waals surface area contributed by atoms with E-state index in [0.29, 0.717) is 5.56 Å². The first-order valence-electron chi connectivity index (χ1n) is 5.63. The molecular formula is C12H8Cl2N4O3. The lowest BCUT2D eigenvalue weighted by Gasteiger charge is -2.08. The average Bonchev–Trinajstić information content (AvgIpc) is 2.43. The summed E-state index contributed by atoms with van der Waals surface area (Å²) in [6.45, 7) is 1.55. The number of aryl methyl sites for hydroxylation is 1. The summed E-state index contributed by atoms with van der Waals surface area (Å²) in [5, 5.41) is 13.4. The van der Waals surface area contributed by atoms with E-state index in [2.05, 4.69) is 15.3 Å². The van der Waals surface area contributed by atoms with Gasteiger partial charge in [0.05, 0.1) is 4.92 Å². The molecule has 0 spiro atoms. The molecule has 9 heteroatoms. The van der Waals surface area contributed by atoms with Crippen molar-refractivity contribution in [3.8, 4) is 0 Å². The summed E-state index contributed by atoms with van der Waals surface area (Å²) in [7, 11) is 0. The lowest BCUT2D eigenvalue weighted by Crippen LogP contribution is -2.16. The Morgan fingerprint density at radius 1 is 1.33 bits per heavy atom. The van der Waals surface area contributed by atoms with Crippen molar-refractivity contribution in [3.05, 3.63) is 55.9 Å². The van der Waals surface area contributed by atoms with Crippen molar-refractivity contribution in [2.24, 2.45) is 0 Å². The van der Waals surface area contributed by atoms with Crippen LogP contribution in [0.5, 0.6) is 0 Å². The van der Waals surface area contributed by atoms with Crippen molar-refractivity contribution in [1.29, 1.82) is 0 Å². The number of hydrogen-bond acceptors (Lipinski definition) is 5. The Kier molecular flexibility index (Phi) is 4.35. The van der Waals surface area contributed by atoms with Gasteiger partial charge in [-0.15, -0.1) is 0 Å². The molecular weight excluding hydrogens is 319 g/mol. The zero-order chi connectivity index (χ0) is 15.6. The van der Waals surface area contributed by atoms with Crippen molar-refractivity contribution in [2.75, 3.05) is 5.32 Å². The maximum absolute atomic E-state index is 12.2. The number of halogens is 2. The molecule has 0 aliphatic carbocycles. The molecule has 21 heavy (non-hydrogen) atoms. The van der Waals surface area contributed by atoms with E-state index in [1.54, 1.807) is 19.1 Å². The number of nitro groups is 1. The van der Waals surface area contributed by atoms with Gasteiger partial charge in [0, 0.05) is 5.56 Å². The quantitative estimate of drug-likeness (QED) is 0.530. The van der Waals surface area contributed by atoms with Crippen molar-refractivity contribution in [3.63, 3.8) is 0 Å². The van der Waals surface area contributed by atoms with Crippen LogP contribution in [0.3, 0.4) is 0 Å². The molecule has 1 amide bonds. The molecule has 0 saturated carbocycles. The van der Waals surface area contributed by atoms with Gasteiger partial charge in [0.25, 0.3) is 11.6 Å². The molecule has 0 atom stereocenters. The first-order chi connectivity index (χ1) is 9.91. The van der Waals surface area contributed by atoms with Crippen LogP contribution in [0, 0.1) is 17.0 Å². The van der Waals surface area contributed by atoms with E-state index >= 15 is 0 Å². The maximum atomic E-state index is 12.2. The highest BCUT2D eigenvalue weighted by molar-refractivity contribution is 6.43. The molecule has 0 bridgehead atoms. The Labute approximate surface area is 129 Å². The largest absolute Gasteiger partial charge is 0.305 e. The number of hydrogen-bond donors (Lipinski definition) is 1. The predicted molar refractivity (Wildman–Crippen MR) is 77.8 cm³/mol. The van der Waals surface area contributed by atoms with Gasteiger partial charge >= 0.3 is 0 Å². The van der Waals surface area contributed by atoms with E-state index in [1.165, 1.54) is 6.07 Å². The highest BCUT2D eigenvalue weighted by Crippen LogP contribution is 2.28. The molecule has 0 aliphatic rings. The fourth-order valence-electron chi connectivity index (χ4n) is 1.69. The molecule has 0 saturated heterocycles. The van der Waals surface area contributed by atoms with Gasteiger partial charge in [-0.3, -0.25) is 14.9 Å². The second-order valence-electron chi connectivity index (χ2n) is 4.01. The minimum atomic E-state index is -0.706. The fraction of sp³-hybridized carbons (Fsp3) is 0.0833. The van der Waals surface area contributed by atoms with E-state index in [1.807, 2.05) is 0 Å². The monoisotopic (exact) mass is 326 g/mol. The number of nitrogens with zero attached hydrogens (tertiary/aromatic N) is 3. The first-order valence-corrected chi connectivity index (χ1v) is 6.38. The van der Waals surface area contributed by atoms with E-state index < -0.39 is 10.8 Å². The van der Waals surface area contributed by atoms with E-state index in [9.17, 15) is 14.9 Å². The second-order valence-corrected chi connectivity index (χ2v) is 4.75. The van der Waals surface area contributed by atoms with Gasteiger partial charge in [0.1, 0.15) is 16.9 Å². The summed E-state index contributed by atoms with van der Waals surface area (Å²) in [4.78, 5) is 30.1. The van der Waals surface area contributed by atoms with Gasteiger partial charge in [-0.25, -0.2) is 9.97 Å². The van der Waals surface area contributed by atoms with Gasteiger partial charge < -0.3 is 5.32 Å². The van der Waals surface area contributed by atoms with Crippen LogP contribution < -0.4 is 5.32 Å². The predicted octanol–water partition coefficient (Wildman–Crippen LogP) is 3.25. The number of nitro benzene ring substituents is 1. The zero-order valence-corrected chi connectivity index (χ0v) is 12.1. The van der Waals surface area contributed by atoms with Crippen molar-refractivity contribution < 1.29 is 9.72 Å². The molecule has 2 aromatic rings. The smallest absolute Gasteiger partial charge is 0.285 e. The normalized spacial score (nSPS) is 10.2. The Balaban J connectivity index is 2.40. The number of amides is 1. The van der Waals surface area contributed by atoms with Crippen LogP contribution in [0.4, 0.5) is 11.5 Å². The van der Waals surface area contributed by atoms with E-state index in [4.69, 9.17) is 23.2 Å². The van der Waals surface area contributed by atoms with Gasteiger partial charge in [-0.2, -0.15) is 0 Å². The average molecular weight is 327 g/mol. The second kappa shape index (κ2) is 6.02. The topological polar surface area (TPSA) is 98.0 Å². The van der Waals surface area contributed by atoms with Crippen LogP contribution >= 0.6 is 23.2 Å². The molecule has 7 nitrogen and oxygen atoms in total. The molecule has 1 aromatic carbocycles. The molecule has 1 aromatic heterocycles. The highest BCUT2D eigenvalue weighted by atomic mass is 35.5. The van der Waals surface area contributed by atoms with Crippen molar-refractivity contribution >= 4 is 40.6 Å². The number of anilines is 1. The SMILES string of the molecule is Cc1cccc(C(=O)Nc2ncnc(Cl)c2Cl)c1[N+](=O)[O-]. The van der Waals surface area contributed by atoms with Gasteiger partial charge in [0.2, 0.25) is 0 Å². The van der Waals surface area contributed by atoms with Crippen LogP contribution in [0.1, 0.15) is 15.9 Å². The number of benzene rings is 1. The van der Waals surface area contributed by atoms with Crippen molar-refractivity contribution in [1.82, 2.24) is 9.97 Å². The Morgan fingerprint density at radius 3 is 2.71 bits per heavy atom. The molecule has 1 N–H and O–H groups in total.